The van der Waals surface area contributed by atoms with E-state index in [9.17, 15) is 9.59 Å². The zero-order valence-electron chi connectivity index (χ0n) is 15.5. The maximum atomic E-state index is 12.3. The van der Waals surface area contributed by atoms with E-state index in [1.807, 2.05) is 25.1 Å². The first-order valence-electron chi connectivity index (χ1n) is 8.93. The van der Waals surface area contributed by atoms with E-state index in [1.54, 1.807) is 4.90 Å². The molecule has 6 heteroatoms. The van der Waals surface area contributed by atoms with Crippen molar-refractivity contribution in [1.82, 2.24) is 15.5 Å². The van der Waals surface area contributed by atoms with Gasteiger partial charge in [-0.3, -0.25) is 4.79 Å². The number of benzene rings is 1. The molecule has 138 valence electrons. The minimum Gasteiger partial charge on any atom is -0.348 e. The Hall–Kier alpha value is -2.08. The zero-order chi connectivity index (χ0) is 18.4. The van der Waals surface area contributed by atoms with Crippen LogP contribution in [-0.2, 0) is 17.8 Å². The Bertz CT molecular complexity index is 617. The van der Waals surface area contributed by atoms with Crippen molar-refractivity contribution in [3.05, 3.63) is 35.4 Å². The SMILES string of the molecule is CC(C)CC(C)(CN)NC(=O)CNC(=O)N1CCc2ccccc2C1. The van der Waals surface area contributed by atoms with Crippen LogP contribution in [0.15, 0.2) is 24.3 Å². The topological polar surface area (TPSA) is 87.5 Å². The van der Waals surface area contributed by atoms with Crippen LogP contribution in [0.4, 0.5) is 4.79 Å². The molecule has 1 aromatic rings. The largest absolute Gasteiger partial charge is 0.348 e. The van der Waals surface area contributed by atoms with Crippen LogP contribution < -0.4 is 16.4 Å². The number of carbonyl (C=O) groups excluding carboxylic acids is 2. The van der Waals surface area contributed by atoms with Crippen molar-refractivity contribution in [2.75, 3.05) is 19.6 Å². The summed E-state index contributed by atoms with van der Waals surface area (Å²) < 4.78 is 0. The average Bonchev–Trinajstić information content (AvgIpc) is 2.58. The van der Waals surface area contributed by atoms with Gasteiger partial charge in [-0.2, -0.15) is 0 Å². The Morgan fingerprint density at radius 2 is 1.96 bits per heavy atom. The van der Waals surface area contributed by atoms with Gasteiger partial charge in [0.1, 0.15) is 0 Å². The molecular weight excluding hydrogens is 316 g/mol. The second kappa shape index (κ2) is 8.34. The standard InChI is InChI=1S/C19H30N4O2/c1-14(2)10-19(3,13-20)22-17(24)11-21-18(25)23-9-8-15-6-4-5-7-16(15)12-23/h4-7,14H,8-13,20H2,1-3H3,(H,21,25)(H,22,24). The highest BCUT2D eigenvalue weighted by atomic mass is 16.2. The van der Waals surface area contributed by atoms with Crippen LogP contribution in [-0.4, -0.2) is 42.0 Å². The summed E-state index contributed by atoms with van der Waals surface area (Å²) in [7, 11) is 0. The van der Waals surface area contributed by atoms with Crippen molar-refractivity contribution in [1.29, 1.82) is 0 Å². The van der Waals surface area contributed by atoms with Gasteiger partial charge in [0.05, 0.1) is 6.54 Å². The molecule has 1 aliphatic rings. The fraction of sp³-hybridized carbons (Fsp3) is 0.579. The maximum Gasteiger partial charge on any atom is 0.318 e. The number of hydrogen-bond acceptors (Lipinski definition) is 3. The first-order valence-corrected chi connectivity index (χ1v) is 8.93. The van der Waals surface area contributed by atoms with E-state index in [0.29, 0.717) is 25.6 Å². The van der Waals surface area contributed by atoms with Crippen LogP contribution in [0.5, 0.6) is 0 Å². The Morgan fingerprint density at radius 3 is 2.60 bits per heavy atom. The lowest BCUT2D eigenvalue weighted by Gasteiger charge is -2.32. The van der Waals surface area contributed by atoms with Gasteiger partial charge in [-0.1, -0.05) is 38.1 Å². The molecule has 6 nitrogen and oxygen atoms in total. The molecular formula is C19H30N4O2. The van der Waals surface area contributed by atoms with E-state index in [4.69, 9.17) is 5.73 Å². The fourth-order valence-electron chi connectivity index (χ4n) is 3.40. The Labute approximate surface area is 150 Å². The quantitative estimate of drug-likeness (QED) is 0.732. The van der Waals surface area contributed by atoms with Crippen LogP contribution in [0, 0.1) is 5.92 Å². The van der Waals surface area contributed by atoms with Gasteiger partial charge in [0.25, 0.3) is 0 Å². The summed E-state index contributed by atoms with van der Waals surface area (Å²) >= 11 is 0. The third-order valence-corrected chi connectivity index (χ3v) is 4.57. The number of nitrogens with two attached hydrogens (primary N) is 1. The van der Waals surface area contributed by atoms with Gasteiger partial charge in [-0.15, -0.1) is 0 Å². The number of hydrogen-bond donors (Lipinski definition) is 3. The molecule has 1 atom stereocenters. The van der Waals surface area contributed by atoms with Gasteiger partial charge in [0.2, 0.25) is 5.91 Å². The summed E-state index contributed by atoms with van der Waals surface area (Å²) in [4.78, 5) is 26.3. The smallest absolute Gasteiger partial charge is 0.318 e. The lowest BCUT2D eigenvalue weighted by molar-refractivity contribution is -0.122. The highest BCUT2D eigenvalue weighted by molar-refractivity contribution is 5.84. The summed E-state index contributed by atoms with van der Waals surface area (Å²) in [6.45, 7) is 7.70. The van der Waals surface area contributed by atoms with E-state index >= 15 is 0 Å². The Balaban J connectivity index is 1.83. The third kappa shape index (κ3) is 5.46. The van der Waals surface area contributed by atoms with Crippen LogP contribution in [0.1, 0.15) is 38.3 Å². The lowest BCUT2D eigenvalue weighted by atomic mass is 9.91. The molecule has 1 aromatic carbocycles. The summed E-state index contributed by atoms with van der Waals surface area (Å²) in [6.07, 6.45) is 1.64. The number of rotatable bonds is 6. The highest BCUT2D eigenvalue weighted by Crippen LogP contribution is 2.18. The van der Waals surface area contributed by atoms with Gasteiger partial charge < -0.3 is 21.3 Å². The number of amides is 3. The zero-order valence-corrected chi connectivity index (χ0v) is 15.5. The number of urea groups is 1. The lowest BCUT2D eigenvalue weighted by Crippen LogP contribution is -2.55. The summed E-state index contributed by atoms with van der Waals surface area (Å²) in [5, 5.41) is 5.67. The van der Waals surface area contributed by atoms with Crippen molar-refractivity contribution in [3.8, 4) is 0 Å². The molecule has 1 unspecified atom stereocenters. The minimum absolute atomic E-state index is 0.0370. The van der Waals surface area contributed by atoms with Gasteiger partial charge in [0, 0.05) is 25.2 Å². The highest BCUT2D eigenvalue weighted by Gasteiger charge is 2.26. The normalized spacial score (nSPS) is 16.1. The van der Waals surface area contributed by atoms with E-state index in [-0.39, 0.29) is 18.5 Å². The molecule has 0 bridgehead atoms. The monoisotopic (exact) mass is 346 g/mol. The van der Waals surface area contributed by atoms with Gasteiger partial charge in [0.15, 0.2) is 0 Å². The number of fused-ring (bicyclic) bond motifs is 1. The second-order valence-corrected chi connectivity index (χ2v) is 7.51. The second-order valence-electron chi connectivity index (χ2n) is 7.51. The van der Waals surface area contributed by atoms with Crippen molar-refractivity contribution in [2.45, 2.75) is 45.7 Å². The fourth-order valence-corrected chi connectivity index (χ4v) is 3.40. The molecule has 4 N–H and O–H groups in total. The molecule has 0 spiro atoms. The number of nitrogens with zero attached hydrogens (tertiary/aromatic N) is 1. The summed E-state index contributed by atoms with van der Waals surface area (Å²) in [5.74, 6) is 0.219. The minimum atomic E-state index is -0.444. The molecule has 0 fully saturated rings. The summed E-state index contributed by atoms with van der Waals surface area (Å²) in [5.41, 5.74) is 7.82. The maximum absolute atomic E-state index is 12.3. The van der Waals surface area contributed by atoms with Gasteiger partial charge in [-0.25, -0.2) is 4.79 Å². The predicted octanol–water partition coefficient (Wildman–Crippen LogP) is 1.63. The van der Waals surface area contributed by atoms with Crippen LogP contribution in [0.2, 0.25) is 0 Å². The Morgan fingerprint density at radius 1 is 1.28 bits per heavy atom. The molecule has 25 heavy (non-hydrogen) atoms. The molecule has 0 aliphatic carbocycles. The van der Waals surface area contributed by atoms with Gasteiger partial charge in [-0.05, 0) is 36.8 Å². The van der Waals surface area contributed by atoms with E-state index < -0.39 is 5.54 Å². The Kier molecular flexibility index (Phi) is 6.42. The van der Waals surface area contributed by atoms with Crippen LogP contribution in [0.3, 0.4) is 0 Å². The molecule has 1 heterocycles. The van der Waals surface area contributed by atoms with E-state index in [2.05, 4.69) is 30.5 Å². The van der Waals surface area contributed by atoms with Crippen molar-refractivity contribution >= 4 is 11.9 Å². The molecule has 2 rings (SSSR count). The molecule has 0 saturated heterocycles. The van der Waals surface area contributed by atoms with Crippen molar-refractivity contribution in [3.63, 3.8) is 0 Å². The third-order valence-electron chi connectivity index (χ3n) is 4.57. The predicted molar refractivity (Wildman–Crippen MR) is 99.0 cm³/mol. The molecule has 0 aromatic heterocycles. The molecule has 3 amide bonds. The molecule has 1 aliphatic heterocycles. The molecule has 0 radical (unpaired) electrons. The van der Waals surface area contributed by atoms with Crippen molar-refractivity contribution in [2.24, 2.45) is 11.7 Å². The van der Waals surface area contributed by atoms with Crippen LogP contribution >= 0.6 is 0 Å². The van der Waals surface area contributed by atoms with Crippen LogP contribution in [0.25, 0.3) is 0 Å². The first-order chi connectivity index (χ1) is 11.8. The first kappa shape index (κ1) is 19.2. The number of carbonyl (C=O) groups is 2. The van der Waals surface area contributed by atoms with E-state index in [1.165, 1.54) is 11.1 Å². The number of nitrogens with one attached hydrogen (secondary N) is 2. The molecule has 0 saturated carbocycles. The van der Waals surface area contributed by atoms with E-state index in [0.717, 1.165) is 12.8 Å². The summed E-state index contributed by atoms with van der Waals surface area (Å²) in [6, 6.07) is 7.93. The van der Waals surface area contributed by atoms with Gasteiger partial charge >= 0.3 is 6.03 Å². The van der Waals surface area contributed by atoms with Crippen molar-refractivity contribution < 1.29 is 9.59 Å². The average molecular weight is 346 g/mol.